The van der Waals surface area contributed by atoms with E-state index in [0.29, 0.717) is 19.1 Å². The summed E-state index contributed by atoms with van der Waals surface area (Å²) in [7, 11) is 0. The predicted octanol–water partition coefficient (Wildman–Crippen LogP) is 2.85. The minimum absolute atomic E-state index is 0.0689. The Morgan fingerprint density at radius 3 is 2.22 bits per heavy atom. The van der Waals surface area contributed by atoms with Crippen molar-refractivity contribution in [2.24, 2.45) is 5.92 Å². The molecule has 0 atom stereocenters. The molecule has 1 aromatic carbocycles. The zero-order chi connectivity index (χ0) is 13.5. The molecule has 0 unspecified atom stereocenters. The molecule has 0 saturated heterocycles. The summed E-state index contributed by atoms with van der Waals surface area (Å²) in [4.78, 5) is 0. The van der Waals surface area contributed by atoms with Gasteiger partial charge in [0, 0.05) is 6.61 Å². The summed E-state index contributed by atoms with van der Waals surface area (Å²) in [5.74, 6) is 1.46. The second kappa shape index (κ2) is 7.39. The minimum atomic E-state index is 0.0689. The third kappa shape index (κ3) is 4.67. The molecule has 3 nitrogen and oxygen atoms in total. The Kier molecular flexibility index (Phi) is 6.16. The maximum atomic E-state index is 9.11. The summed E-state index contributed by atoms with van der Waals surface area (Å²) in [6, 6.07) is 3.91. The van der Waals surface area contributed by atoms with Crippen molar-refractivity contribution in [3.8, 4) is 5.75 Å². The molecule has 3 heteroatoms. The first kappa shape index (κ1) is 15.0. The van der Waals surface area contributed by atoms with Crippen LogP contribution in [-0.2, 0) is 11.3 Å². The zero-order valence-electron chi connectivity index (χ0n) is 11.8. The Labute approximate surface area is 110 Å². The van der Waals surface area contributed by atoms with Crippen LogP contribution in [0, 0.1) is 19.8 Å². The lowest BCUT2D eigenvalue weighted by Crippen LogP contribution is -2.11. The number of aryl methyl sites for hydroxylation is 2. The highest BCUT2D eigenvalue weighted by atomic mass is 16.5. The number of ether oxygens (including phenoxy) is 2. The molecule has 102 valence electrons. The van der Waals surface area contributed by atoms with Crippen LogP contribution in [0.2, 0.25) is 0 Å². The highest BCUT2D eigenvalue weighted by molar-refractivity contribution is 5.43. The Morgan fingerprint density at radius 2 is 1.72 bits per heavy atom. The van der Waals surface area contributed by atoms with Crippen LogP contribution < -0.4 is 4.74 Å². The topological polar surface area (TPSA) is 38.7 Å². The fourth-order valence-corrected chi connectivity index (χ4v) is 1.88. The zero-order valence-corrected chi connectivity index (χ0v) is 11.8. The van der Waals surface area contributed by atoms with E-state index in [9.17, 15) is 0 Å². The number of hydrogen-bond donors (Lipinski definition) is 1. The fraction of sp³-hybridized carbons (Fsp3) is 0.600. The number of aliphatic hydroxyl groups is 1. The van der Waals surface area contributed by atoms with Crippen molar-refractivity contribution in [2.75, 3.05) is 19.8 Å². The maximum Gasteiger partial charge on any atom is 0.125 e. The Bertz CT molecular complexity index is 349. The van der Waals surface area contributed by atoms with E-state index in [-0.39, 0.29) is 6.61 Å². The van der Waals surface area contributed by atoms with Crippen LogP contribution in [0.4, 0.5) is 0 Å². The fourth-order valence-electron chi connectivity index (χ4n) is 1.88. The second-order valence-electron chi connectivity index (χ2n) is 5.03. The molecule has 0 aliphatic heterocycles. The van der Waals surface area contributed by atoms with E-state index in [1.807, 2.05) is 26.0 Å². The van der Waals surface area contributed by atoms with E-state index in [1.165, 1.54) is 0 Å². The average molecular weight is 252 g/mol. The van der Waals surface area contributed by atoms with Crippen molar-refractivity contribution in [2.45, 2.75) is 34.3 Å². The normalized spacial score (nSPS) is 11.0. The maximum absolute atomic E-state index is 9.11. The van der Waals surface area contributed by atoms with Crippen molar-refractivity contribution in [3.05, 3.63) is 28.8 Å². The van der Waals surface area contributed by atoms with E-state index >= 15 is 0 Å². The third-order valence-corrected chi connectivity index (χ3v) is 2.63. The predicted molar refractivity (Wildman–Crippen MR) is 73.0 cm³/mol. The number of hydrogen-bond acceptors (Lipinski definition) is 3. The molecule has 1 aromatic rings. The molecule has 0 heterocycles. The molecule has 0 aromatic heterocycles. The monoisotopic (exact) mass is 252 g/mol. The van der Waals surface area contributed by atoms with Crippen LogP contribution in [0.25, 0.3) is 0 Å². The second-order valence-corrected chi connectivity index (χ2v) is 5.03. The van der Waals surface area contributed by atoms with E-state index in [4.69, 9.17) is 14.6 Å². The summed E-state index contributed by atoms with van der Waals surface area (Å²) >= 11 is 0. The Morgan fingerprint density at radius 1 is 1.11 bits per heavy atom. The number of aliphatic hydroxyl groups excluding tert-OH is 1. The van der Waals surface area contributed by atoms with Crippen molar-refractivity contribution in [1.29, 1.82) is 0 Å². The summed E-state index contributed by atoms with van der Waals surface area (Å²) in [5, 5.41) is 9.11. The molecule has 0 aliphatic carbocycles. The van der Waals surface area contributed by atoms with Gasteiger partial charge in [0.15, 0.2) is 0 Å². The van der Waals surface area contributed by atoms with Crippen LogP contribution in [-0.4, -0.2) is 24.9 Å². The molecule has 0 aliphatic rings. The first-order chi connectivity index (χ1) is 8.54. The first-order valence-corrected chi connectivity index (χ1v) is 6.46. The quantitative estimate of drug-likeness (QED) is 0.758. The minimum Gasteiger partial charge on any atom is -0.491 e. The van der Waals surface area contributed by atoms with Crippen molar-refractivity contribution >= 4 is 0 Å². The largest absolute Gasteiger partial charge is 0.491 e. The van der Waals surface area contributed by atoms with E-state index in [1.54, 1.807) is 0 Å². The van der Waals surface area contributed by atoms with E-state index in [0.717, 1.165) is 29.0 Å². The van der Waals surface area contributed by atoms with Gasteiger partial charge in [-0.2, -0.15) is 0 Å². The summed E-state index contributed by atoms with van der Waals surface area (Å²) in [6.45, 7) is 10.3. The van der Waals surface area contributed by atoms with Crippen LogP contribution >= 0.6 is 0 Å². The average Bonchev–Trinajstić information content (AvgIpc) is 2.31. The van der Waals surface area contributed by atoms with E-state index in [2.05, 4.69) is 13.8 Å². The lowest BCUT2D eigenvalue weighted by Gasteiger charge is -2.14. The highest BCUT2D eigenvalue weighted by Crippen LogP contribution is 2.24. The molecule has 18 heavy (non-hydrogen) atoms. The van der Waals surface area contributed by atoms with Crippen molar-refractivity contribution in [1.82, 2.24) is 0 Å². The van der Waals surface area contributed by atoms with Gasteiger partial charge in [0.25, 0.3) is 0 Å². The molecule has 1 N–H and O–H groups in total. The van der Waals surface area contributed by atoms with E-state index < -0.39 is 0 Å². The van der Waals surface area contributed by atoms with Crippen LogP contribution in [0.5, 0.6) is 5.75 Å². The van der Waals surface area contributed by atoms with Gasteiger partial charge in [-0.05, 0) is 36.5 Å². The SMILES string of the molecule is Cc1cc(CO)cc(C)c1OCCOCC(C)C. The molecule has 0 bridgehead atoms. The Hall–Kier alpha value is -1.06. The molecule has 1 rings (SSSR count). The van der Waals surface area contributed by atoms with Gasteiger partial charge in [-0.25, -0.2) is 0 Å². The molecular formula is C15H24O3. The van der Waals surface area contributed by atoms with Crippen molar-refractivity contribution in [3.63, 3.8) is 0 Å². The van der Waals surface area contributed by atoms with Gasteiger partial charge < -0.3 is 14.6 Å². The molecular weight excluding hydrogens is 228 g/mol. The summed E-state index contributed by atoms with van der Waals surface area (Å²) in [5.41, 5.74) is 3.04. The lowest BCUT2D eigenvalue weighted by molar-refractivity contribution is 0.0815. The molecule has 0 radical (unpaired) electrons. The Balaban J connectivity index is 2.47. The number of rotatable bonds is 7. The highest BCUT2D eigenvalue weighted by Gasteiger charge is 2.06. The van der Waals surface area contributed by atoms with Gasteiger partial charge in [0.2, 0.25) is 0 Å². The van der Waals surface area contributed by atoms with Gasteiger partial charge in [-0.1, -0.05) is 26.0 Å². The smallest absolute Gasteiger partial charge is 0.125 e. The summed E-state index contributed by atoms with van der Waals surface area (Å²) < 4.78 is 11.2. The number of benzene rings is 1. The molecule has 0 spiro atoms. The van der Waals surface area contributed by atoms with Crippen molar-refractivity contribution < 1.29 is 14.6 Å². The van der Waals surface area contributed by atoms with Crippen LogP contribution in [0.3, 0.4) is 0 Å². The van der Waals surface area contributed by atoms with Gasteiger partial charge in [-0.15, -0.1) is 0 Å². The van der Waals surface area contributed by atoms with Gasteiger partial charge in [-0.3, -0.25) is 0 Å². The van der Waals surface area contributed by atoms with Gasteiger partial charge in [0.1, 0.15) is 12.4 Å². The van der Waals surface area contributed by atoms with Gasteiger partial charge in [0.05, 0.1) is 13.2 Å². The third-order valence-electron chi connectivity index (χ3n) is 2.63. The molecule has 0 amide bonds. The molecule has 0 saturated carbocycles. The van der Waals surface area contributed by atoms with Crippen LogP contribution in [0.15, 0.2) is 12.1 Å². The van der Waals surface area contributed by atoms with Gasteiger partial charge >= 0.3 is 0 Å². The first-order valence-electron chi connectivity index (χ1n) is 6.46. The summed E-state index contributed by atoms with van der Waals surface area (Å²) in [6.07, 6.45) is 0. The standard InChI is InChI=1S/C15H24O3/c1-11(2)10-17-5-6-18-15-12(3)7-14(9-16)8-13(15)4/h7-8,11,16H,5-6,9-10H2,1-4H3. The lowest BCUT2D eigenvalue weighted by atomic mass is 10.1. The van der Waals surface area contributed by atoms with Crippen LogP contribution in [0.1, 0.15) is 30.5 Å². The molecule has 0 fully saturated rings.